The molecule has 2 amide bonds. The Morgan fingerprint density at radius 2 is 1.90 bits per heavy atom. The smallest absolute Gasteiger partial charge is 0.326 e. The van der Waals surface area contributed by atoms with Gasteiger partial charge in [0.05, 0.1) is 12.0 Å². The number of carboxylic acids is 1. The number of carbonyl (C=O) groups excluding carboxylic acids is 2. The van der Waals surface area contributed by atoms with Crippen LogP contribution in [-0.4, -0.2) is 69.6 Å². The number of likely N-dealkylation sites (tertiary alicyclic amines) is 2. The number of amides is 2. The molecule has 0 bridgehead atoms. The van der Waals surface area contributed by atoms with Crippen LogP contribution in [0.25, 0.3) is 0 Å². The molecule has 0 spiro atoms. The van der Waals surface area contributed by atoms with Gasteiger partial charge in [-0.05, 0) is 12.8 Å². The number of aliphatic carboxylic acids is 1. The number of hydrogen-bond donors (Lipinski definition) is 2. The second kappa shape index (κ2) is 5.78. The van der Waals surface area contributed by atoms with Gasteiger partial charge in [0, 0.05) is 33.0 Å². The van der Waals surface area contributed by atoms with Crippen LogP contribution in [0.4, 0.5) is 0 Å². The van der Waals surface area contributed by atoms with E-state index in [1.165, 1.54) is 11.8 Å². The largest absolute Gasteiger partial charge is 0.480 e. The maximum Gasteiger partial charge on any atom is 0.326 e. The van der Waals surface area contributed by atoms with Crippen LogP contribution in [-0.2, 0) is 14.4 Å². The molecular weight excluding hydrogens is 264 g/mol. The monoisotopic (exact) mass is 284 g/mol. The summed E-state index contributed by atoms with van der Waals surface area (Å²) in [5, 5.41) is 18.7. The maximum atomic E-state index is 12.4. The van der Waals surface area contributed by atoms with Crippen molar-refractivity contribution in [2.45, 2.75) is 38.3 Å². The van der Waals surface area contributed by atoms with Gasteiger partial charge < -0.3 is 20.0 Å². The van der Waals surface area contributed by atoms with Crippen molar-refractivity contribution in [1.82, 2.24) is 9.80 Å². The number of nitrogens with zero attached hydrogens (tertiary/aromatic N) is 2. The highest BCUT2D eigenvalue weighted by Crippen LogP contribution is 2.25. The zero-order valence-corrected chi connectivity index (χ0v) is 11.5. The van der Waals surface area contributed by atoms with Crippen LogP contribution in [0.5, 0.6) is 0 Å². The molecule has 0 radical (unpaired) electrons. The van der Waals surface area contributed by atoms with E-state index in [9.17, 15) is 19.5 Å². The second-order valence-electron chi connectivity index (χ2n) is 5.54. The summed E-state index contributed by atoms with van der Waals surface area (Å²) in [5.41, 5.74) is 0. The van der Waals surface area contributed by atoms with Gasteiger partial charge in [-0.15, -0.1) is 0 Å². The van der Waals surface area contributed by atoms with Crippen molar-refractivity contribution in [3.63, 3.8) is 0 Å². The van der Waals surface area contributed by atoms with Gasteiger partial charge in [-0.25, -0.2) is 4.79 Å². The molecule has 3 atom stereocenters. The summed E-state index contributed by atoms with van der Waals surface area (Å²) >= 11 is 0. The quantitative estimate of drug-likeness (QED) is 0.698. The number of rotatable bonds is 2. The Morgan fingerprint density at radius 1 is 1.20 bits per heavy atom. The summed E-state index contributed by atoms with van der Waals surface area (Å²) < 4.78 is 0. The summed E-state index contributed by atoms with van der Waals surface area (Å²) in [5.74, 6) is -1.78. The van der Waals surface area contributed by atoms with E-state index in [0.29, 0.717) is 19.5 Å². The number of carboxylic acid groups (broad SMARTS) is 1. The van der Waals surface area contributed by atoms with Gasteiger partial charge in [0.2, 0.25) is 11.8 Å². The number of piperidine rings is 1. The maximum absolute atomic E-state index is 12.4. The van der Waals surface area contributed by atoms with Gasteiger partial charge >= 0.3 is 5.97 Å². The molecule has 2 heterocycles. The Hall–Kier alpha value is -1.63. The van der Waals surface area contributed by atoms with Crippen LogP contribution in [0, 0.1) is 5.92 Å². The van der Waals surface area contributed by atoms with E-state index < -0.39 is 18.1 Å². The molecule has 2 aliphatic rings. The minimum atomic E-state index is -1.09. The zero-order chi connectivity index (χ0) is 14.9. The standard InChI is InChI=1S/C13H20N2O5/c1-8(16)14-4-2-3-9(6-14)12(18)15-7-10(17)5-11(15)13(19)20/h9-11,17H,2-7H2,1H3,(H,19,20)/t9?,10?,11-/m0/s1. The van der Waals surface area contributed by atoms with Gasteiger partial charge in [0.1, 0.15) is 6.04 Å². The molecule has 7 nitrogen and oxygen atoms in total. The number of aliphatic hydroxyl groups is 1. The molecule has 112 valence electrons. The summed E-state index contributed by atoms with van der Waals surface area (Å²) in [4.78, 5) is 37.8. The minimum Gasteiger partial charge on any atom is -0.480 e. The Labute approximate surface area is 117 Å². The van der Waals surface area contributed by atoms with Crippen molar-refractivity contribution in [2.75, 3.05) is 19.6 Å². The van der Waals surface area contributed by atoms with E-state index in [-0.39, 0.29) is 30.7 Å². The third-order valence-corrected chi connectivity index (χ3v) is 4.06. The third kappa shape index (κ3) is 2.92. The molecule has 0 aromatic carbocycles. The highest BCUT2D eigenvalue weighted by molar-refractivity contribution is 5.86. The molecule has 2 saturated heterocycles. The van der Waals surface area contributed by atoms with E-state index in [1.54, 1.807) is 4.90 Å². The average Bonchev–Trinajstić information content (AvgIpc) is 2.80. The van der Waals surface area contributed by atoms with Gasteiger partial charge in [-0.1, -0.05) is 0 Å². The van der Waals surface area contributed by atoms with Crippen molar-refractivity contribution in [1.29, 1.82) is 0 Å². The fourth-order valence-electron chi connectivity index (χ4n) is 2.99. The molecule has 2 aliphatic heterocycles. The van der Waals surface area contributed by atoms with Crippen LogP contribution >= 0.6 is 0 Å². The highest BCUT2D eigenvalue weighted by atomic mass is 16.4. The van der Waals surface area contributed by atoms with Crippen LogP contribution in [0.1, 0.15) is 26.2 Å². The van der Waals surface area contributed by atoms with Crippen LogP contribution in [0.2, 0.25) is 0 Å². The summed E-state index contributed by atoms with van der Waals surface area (Å²) in [6.07, 6.45) is 0.683. The fraction of sp³-hybridized carbons (Fsp3) is 0.769. The molecule has 0 saturated carbocycles. The summed E-state index contributed by atoms with van der Waals surface area (Å²) in [7, 11) is 0. The number of carbonyl (C=O) groups is 3. The van der Waals surface area contributed by atoms with Crippen LogP contribution < -0.4 is 0 Å². The van der Waals surface area contributed by atoms with Crippen molar-refractivity contribution < 1.29 is 24.6 Å². The predicted molar refractivity (Wildman–Crippen MR) is 68.7 cm³/mol. The molecule has 0 aliphatic carbocycles. The van der Waals surface area contributed by atoms with E-state index in [0.717, 1.165) is 6.42 Å². The topological polar surface area (TPSA) is 98.2 Å². The Balaban J connectivity index is 2.06. The Kier molecular flexibility index (Phi) is 4.27. The van der Waals surface area contributed by atoms with E-state index in [4.69, 9.17) is 5.11 Å². The molecule has 0 aromatic rings. The molecule has 0 aromatic heterocycles. The van der Waals surface area contributed by atoms with Crippen molar-refractivity contribution in [3.05, 3.63) is 0 Å². The molecule has 20 heavy (non-hydrogen) atoms. The lowest BCUT2D eigenvalue weighted by Crippen LogP contribution is -2.49. The van der Waals surface area contributed by atoms with Crippen molar-refractivity contribution in [2.24, 2.45) is 5.92 Å². The average molecular weight is 284 g/mol. The first-order valence-electron chi connectivity index (χ1n) is 6.87. The fourth-order valence-corrected chi connectivity index (χ4v) is 2.99. The molecule has 2 N–H and O–H groups in total. The van der Waals surface area contributed by atoms with Crippen molar-refractivity contribution >= 4 is 17.8 Å². The van der Waals surface area contributed by atoms with E-state index >= 15 is 0 Å². The number of β-amino-alcohol motifs (C(OH)–C–C–N with tert-alkyl or cyclic N) is 1. The van der Waals surface area contributed by atoms with Crippen LogP contribution in [0.15, 0.2) is 0 Å². The van der Waals surface area contributed by atoms with Gasteiger partial charge in [-0.3, -0.25) is 9.59 Å². The van der Waals surface area contributed by atoms with Crippen LogP contribution in [0.3, 0.4) is 0 Å². The lowest BCUT2D eigenvalue weighted by molar-refractivity contribution is -0.151. The highest BCUT2D eigenvalue weighted by Gasteiger charge is 2.42. The van der Waals surface area contributed by atoms with Gasteiger partial charge in [-0.2, -0.15) is 0 Å². The van der Waals surface area contributed by atoms with E-state index in [2.05, 4.69) is 0 Å². The molecule has 2 unspecified atom stereocenters. The zero-order valence-electron chi connectivity index (χ0n) is 11.5. The summed E-state index contributed by atoms with van der Waals surface area (Å²) in [6.45, 7) is 2.51. The molecule has 7 heteroatoms. The van der Waals surface area contributed by atoms with Gasteiger partial charge in [0.15, 0.2) is 0 Å². The van der Waals surface area contributed by atoms with Gasteiger partial charge in [0.25, 0.3) is 0 Å². The van der Waals surface area contributed by atoms with E-state index in [1.807, 2.05) is 0 Å². The summed E-state index contributed by atoms with van der Waals surface area (Å²) in [6, 6.07) is -0.954. The molecule has 2 fully saturated rings. The first kappa shape index (κ1) is 14.8. The first-order chi connectivity index (χ1) is 9.40. The molecular formula is C13H20N2O5. The third-order valence-electron chi connectivity index (χ3n) is 4.06. The second-order valence-corrected chi connectivity index (χ2v) is 5.54. The number of hydrogen-bond acceptors (Lipinski definition) is 4. The first-order valence-corrected chi connectivity index (χ1v) is 6.87. The SMILES string of the molecule is CC(=O)N1CCCC(C(=O)N2CC(O)C[C@H]2C(=O)O)C1. The minimum absolute atomic E-state index is 0.0619. The molecule has 2 rings (SSSR count). The number of aliphatic hydroxyl groups excluding tert-OH is 1. The predicted octanol–water partition coefficient (Wildman–Crippen LogP) is -0.709. The lowest BCUT2D eigenvalue weighted by atomic mass is 9.96. The Bertz CT molecular complexity index is 425. The normalized spacial score (nSPS) is 30.4. The van der Waals surface area contributed by atoms with Crippen molar-refractivity contribution in [3.8, 4) is 0 Å². The Morgan fingerprint density at radius 3 is 2.50 bits per heavy atom. The lowest BCUT2D eigenvalue weighted by Gasteiger charge is -2.34.